The second kappa shape index (κ2) is 5.44. The third kappa shape index (κ3) is 2.52. The van der Waals surface area contributed by atoms with E-state index in [1.54, 1.807) is 0 Å². The van der Waals surface area contributed by atoms with Crippen LogP contribution in [0.15, 0.2) is 42.5 Å². The van der Waals surface area contributed by atoms with Gasteiger partial charge in [-0.25, -0.2) is 4.98 Å². The number of imidazole rings is 1. The number of anilines is 1. The van der Waals surface area contributed by atoms with Gasteiger partial charge in [0.2, 0.25) is 0 Å². The van der Waals surface area contributed by atoms with Crippen LogP contribution in [-0.4, -0.2) is 9.55 Å². The molecule has 0 bridgehead atoms. The molecular weight excluding hydrogens is 361 g/mol. The first-order valence-electron chi connectivity index (χ1n) is 6.55. The molecule has 0 saturated carbocycles. The van der Waals surface area contributed by atoms with Gasteiger partial charge in [0.1, 0.15) is 5.82 Å². The lowest BCUT2D eigenvalue weighted by molar-refractivity contribution is 0.834. The van der Waals surface area contributed by atoms with E-state index < -0.39 is 0 Å². The average Bonchev–Trinajstić information content (AvgIpc) is 2.75. The smallest absolute Gasteiger partial charge is 0.128 e. The third-order valence-electron chi connectivity index (χ3n) is 3.51. The van der Waals surface area contributed by atoms with Crippen molar-refractivity contribution >= 4 is 39.3 Å². The lowest BCUT2D eigenvalue weighted by atomic mass is 10.2. The number of benzene rings is 2. The number of rotatable bonds is 3. The summed E-state index contributed by atoms with van der Waals surface area (Å²) in [5.74, 6) is 1.05. The van der Waals surface area contributed by atoms with Crippen LogP contribution in [-0.2, 0) is 13.6 Å². The van der Waals surface area contributed by atoms with E-state index in [4.69, 9.17) is 0 Å². The number of aromatic nitrogens is 2. The summed E-state index contributed by atoms with van der Waals surface area (Å²) in [6.45, 7) is 2.85. The van der Waals surface area contributed by atoms with Crippen molar-refractivity contribution in [2.24, 2.45) is 7.05 Å². The molecule has 1 aromatic heterocycles. The Labute approximate surface area is 132 Å². The normalized spacial score (nSPS) is 10.9. The Bertz CT molecular complexity index is 762. The molecule has 20 heavy (non-hydrogen) atoms. The van der Waals surface area contributed by atoms with E-state index in [0.29, 0.717) is 0 Å². The Morgan fingerprint density at radius 3 is 2.75 bits per heavy atom. The monoisotopic (exact) mass is 377 g/mol. The molecule has 3 nitrogen and oxygen atoms in total. The van der Waals surface area contributed by atoms with Crippen molar-refractivity contribution < 1.29 is 0 Å². The van der Waals surface area contributed by atoms with Crippen molar-refractivity contribution in [2.45, 2.75) is 13.5 Å². The van der Waals surface area contributed by atoms with Crippen LogP contribution in [0.3, 0.4) is 0 Å². The highest BCUT2D eigenvalue weighted by molar-refractivity contribution is 14.1. The molecule has 1 N–H and O–H groups in total. The van der Waals surface area contributed by atoms with Crippen molar-refractivity contribution in [3.05, 3.63) is 57.4 Å². The summed E-state index contributed by atoms with van der Waals surface area (Å²) in [6, 6.07) is 14.6. The van der Waals surface area contributed by atoms with Gasteiger partial charge in [-0.2, -0.15) is 0 Å². The van der Waals surface area contributed by atoms with E-state index in [1.807, 2.05) is 12.1 Å². The molecule has 0 aliphatic rings. The lowest BCUT2D eigenvalue weighted by Gasteiger charge is -2.10. The highest BCUT2D eigenvalue weighted by Gasteiger charge is 2.07. The van der Waals surface area contributed by atoms with Gasteiger partial charge < -0.3 is 9.88 Å². The summed E-state index contributed by atoms with van der Waals surface area (Å²) < 4.78 is 3.40. The summed E-state index contributed by atoms with van der Waals surface area (Å²) >= 11 is 2.33. The van der Waals surface area contributed by atoms with Crippen molar-refractivity contribution in [2.75, 3.05) is 5.32 Å². The molecule has 0 amide bonds. The predicted molar refractivity (Wildman–Crippen MR) is 91.9 cm³/mol. The summed E-state index contributed by atoms with van der Waals surface area (Å²) in [6.07, 6.45) is 0. The maximum absolute atomic E-state index is 4.67. The maximum atomic E-state index is 4.67. The Hall–Kier alpha value is -1.56. The molecule has 1 heterocycles. The Balaban J connectivity index is 1.85. The number of halogens is 1. The molecule has 3 aromatic rings. The van der Waals surface area contributed by atoms with E-state index in [9.17, 15) is 0 Å². The SMILES string of the molecule is Cc1cc(I)ccc1NCc1nc2ccccc2n1C. The average molecular weight is 377 g/mol. The van der Waals surface area contributed by atoms with Crippen LogP contribution in [0.4, 0.5) is 5.69 Å². The van der Waals surface area contributed by atoms with Gasteiger partial charge in [-0.3, -0.25) is 0 Å². The van der Waals surface area contributed by atoms with Gasteiger partial charge >= 0.3 is 0 Å². The fourth-order valence-electron chi connectivity index (χ4n) is 2.35. The molecule has 0 fully saturated rings. The molecule has 102 valence electrons. The summed E-state index contributed by atoms with van der Waals surface area (Å²) in [4.78, 5) is 4.67. The van der Waals surface area contributed by atoms with E-state index in [0.717, 1.165) is 23.6 Å². The van der Waals surface area contributed by atoms with Gasteiger partial charge in [0.25, 0.3) is 0 Å². The minimum absolute atomic E-state index is 0.729. The van der Waals surface area contributed by atoms with Crippen LogP contribution in [0.25, 0.3) is 11.0 Å². The number of nitrogens with one attached hydrogen (secondary N) is 1. The molecule has 4 heteroatoms. The van der Waals surface area contributed by atoms with E-state index in [1.165, 1.54) is 14.7 Å². The standard InChI is InChI=1S/C16H16IN3/c1-11-9-12(17)7-8-13(11)18-10-16-19-14-5-3-4-6-15(14)20(16)2/h3-9,18H,10H2,1-2H3. The van der Waals surface area contributed by atoms with Crippen LogP contribution >= 0.6 is 22.6 Å². The number of hydrogen-bond acceptors (Lipinski definition) is 2. The molecule has 0 aliphatic heterocycles. The fourth-order valence-corrected chi connectivity index (χ4v) is 3.00. The number of nitrogens with zero attached hydrogens (tertiary/aromatic N) is 2. The number of para-hydroxylation sites is 2. The number of hydrogen-bond donors (Lipinski definition) is 1. The van der Waals surface area contributed by atoms with Crippen LogP contribution < -0.4 is 5.32 Å². The van der Waals surface area contributed by atoms with Crippen LogP contribution in [0.5, 0.6) is 0 Å². The Kier molecular flexibility index (Phi) is 3.65. The number of fused-ring (bicyclic) bond motifs is 1. The zero-order valence-corrected chi connectivity index (χ0v) is 13.7. The Morgan fingerprint density at radius 1 is 1.20 bits per heavy atom. The van der Waals surface area contributed by atoms with Crippen LogP contribution in [0, 0.1) is 10.5 Å². The molecule has 0 unspecified atom stereocenters. The van der Waals surface area contributed by atoms with E-state index in [-0.39, 0.29) is 0 Å². The maximum Gasteiger partial charge on any atom is 0.128 e. The zero-order valence-electron chi connectivity index (χ0n) is 11.5. The largest absolute Gasteiger partial charge is 0.378 e. The summed E-state index contributed by atoms with van der Waals surface area (Å²) in [7, 11) is 2.06. The highest BCUT2D eigenvalue weighted by Crippen LogP contribution is 2.19. The van der Waals surface area contributed by atoms with Gasteiger partial charge in [0.05, 0.1) is 17.6 Å². The Morgan fingerprint density at radius 2 is 2.00 bits per heavy atom. The molecular formula is C16H16IN3. The van der Waals surface area contributed by atoms with Gasteiger partial charge in [-0.05, 0) is 65.4 Å². The summed E-state index contributed by atoms with van der Waals surface area (Å²) in [5, 5.41) is 3.47. The molecule has 3 rings (SSSR count). The van der Waals surface area contributed by atoms with Crippen molar-refractivity contribution in [3.8, 4) is 0 Å². The van der Waals surface area contributed by atoms with Crippen LogP contribution in [0.2, 0.25) is 0 Å². The fraction of sp³-hybridized carbons (Fsp3) is 0.188. The van der Waals surface area contributed by atoms with Crippen LogP contribution in [0.1, 0.15) is 11.4 Å². The molecule has 0 saturated heterocycles. The van der Waals surface area contributed by atoms with Gasteiger partial charge in [-0.1, -0.05) is 12.1 Å². The number of aryl methyl sites for hydroxylation is 2. The minimum atomic E-state index is 0.729. The highest BCUT2D eigenvalue weighted by atomic mass is 127. The van der Waals surface area contributed by atoms with Gasteiger partial charge in [0.15, 0.2) is 0 Å². The molecule has 0 aliphatic carbocycles. The lowest BCUT2D eigenvalue weighted by Crippen LogP contribution is -2.06. The van der Waals surface area contributed by atoms with Gasteiger partial charge in [0, 0.05) is 16.3 Å². The first kappa shape index (κ1) is 13.4. The van der Waals surface area contributed by atoms with Crippen molar-refractivity contribution in [1.82, 2.24) is 9.55 Å². The topological polar surface area (TPSA) is 29.9 Å². The first-order chi connectivity index (χ1) is 9.65. The second-order valence-electron chi connectivity index (χ2n) is 4.89. The molecule has 0 spiro atoms. The van der Waals surface area contributed by atoms with Crippen molar-refractivity contribution in [3.63, 3.8) is 0 Å². The molecule has 2 aromatic carbocycles. The zero-order chi connectivity index (χ0) is 14.1. The molecule has 0 atom stereocenters. The predicted octanol–water partition coefficient (Wildman–Crippen LogP) is 4.10. The second-order valence-corrected chi connectivity index (χ2v) is 6.13. The van der Waals surface area contributed by atoms with E-state index >= 15 is 0 Å². The van der Waals surface area contributed by atoms with Crippen molar-refractivity contribution in [1.29, 1.82) is 0 Å². The third-order valence-corrected chi connectivity index (χ3v) is 4.18. The first-order valence-corrected chi connectivity index (χ1v) is 7.63. The van der Waals surface area contributed by atoms with E-state index in [2.05, 4.69) is 81.8 Å². The molecule has 0 radical (unpaired) electrons. The summed E-state index contributed by atoms with van der Waals surface area (Å²) in [5.41, 5.74) is 4.64. The van der Waals surface area contributed by atoms with Gasteiger partial charge in [-0.15, -0.1) is 0 Å². The minimum Gasteiger partial charge on any atom is -0.378 e. The quantitative estimate of drug-likeness (QED) is 0.697.